The molecule has 1 amide bonds. The summed E-state index contributed by atoms with van der Waals surface area (Å²) in [5.41, 5.74) is 0.963. The van der Waals surface area contributed by atoms with Gasteiger partial charge in [-0.2, -0.15) is 4.31 Å². The van der Waals surface area contributed by atoms with Crippen LogP contribution in [0.25, 0.3) is 0 Å². The summed E-state index contributed by atoms with van der Waals surface area (Å²) in [6.45, 7) is -0.487. The predicted molar refractivity (Wildman–Crippen MR) is 136 cm³/mol. The van der Waals surface area contributed by atoms with Crippen LogP contribution in [0.4, 0.5) is 5.69 Å². The van der Waals surface area contributed by atoms with Crippen molar-refractivity contribution in [2.45, 2.75) is 11.4 Å². The maximum Gasteiger partial charge on any atom is 0.243 e. The van der Waals surface area contributed by atoms with Gasteiger partial charge in [0.1, 0.15) is 11.5 Å². The van der Waals surface area contributed by atoms with Gasteiger partial charge in [-0.15, -0.1) is 0 Å². The maximum atomic E-state index is 13.4. The van der Waals surface area contributed by atoms with Crippen LogP contribution in [0.15, 0.2) is 70.0 Å². The van der Waals surface area contributed by atoms with Crippen molar-refractivity contribution in [1.82, 2.24) is 4.31 Å². The molecule has 0 unspecified atom stereocenters. The van der Waals surface area contributed by atoms with Gasteiger partial charge in [-0.1, -0.05) is 51.3 Å². The van der Waals surface area contributed by atoms with Gasteiger partial charge < -0.3 is 14.8 Å². The molecule has 0 heterocycles. The zero-order valence-electron chi connectivity index (χ0n) is 18.2. The number of hydrogen-bond acceptors (Lipinski definition) is 5. The average Bonchev–Trinajstić information content (AvgIpc) is 2.81. The summed E-state index contributed by atoms with van der Waals surface area (Å²) in [4.78, 5) is 13.0. The van der Waals surface area contributed by atoms with E-state index in [2.05, 4.69) is 21.2 Å². The molecule has 3 aromatic carbocycles. The number of rotatable bonds is 9. The molecule has 0 spiro atoms. The Morgan fingerprint density at radius 3 is 2.18 bits per heavy atom. The largest absolute Gasteiger partial charge is 0.495 e. The Morgan fingerprint density at radius 1 is 0.971 bits per heavy atom. The maximum absolute atomic E-state index is 13.4. The van der Waals surface area contributed by atoms with Crippen molar-refractivity contribution in [1.29, 1.82) is 0 Å². The van der Waals surface area contributed by atoms with Crippen LogP contribution < -0.4 is 14.8 Å². The van der Waals surface area contributed by atoms with Crippen LogP contribution in [0.1, 0.15) is 5.56 Å². The third-order valence-corrected chi connectivity index (χ3v) is 7.67. The highest BCUT2D eigenvalue weighted by atomic mass is 79.9. The zero-order valence-corrected chi connectivity index (χ0v) is 22.1. The molecular formula is C23H21BrCl2N2O5S. The first-order chi connectivity index (χ1) is 16.1. The number of methoxy groups -OCH3 is 2. The Kier molecular flexibility index (Phi) is 8.83. The Hall–Kier alpha value is -2.30. The van der Waals surface area contributed by atoms with E-state index in [4.69, 9.17) is 32.7 Å². The van der Waals surface area contributed by atoms with E-state index in [0.29, 0.717) is 32.8 Å². The van der Waals surface area contributed by atoms with Gasteiger partial charge in [0.25, 0.3) is 0 Å². The molecule has 0 aromatic heterocycles. The summed E-state index contributed by atoms with van der Waals surface area (Å²) in [7, 11) is -1.14. The number of benzene rings is 3. The van der Waals surface area contributed by atoms with Gasteiger partial charge in [0.2, 0.25) is 15.9 Å². The minimum Gasteiger partial charge on any atom is -0.495 e. The van der Waals surface area contributed by atoms with Gasteiger partial charge in [-0.25, -0.2) is 8.42 Å². The number of sulfonamides is 1. The van der Waals surface area contributed by atoms with Gasteiger partial charge >= 0.3 is 0 Å². The molecule has 0 bridgehead atoms. The van der Waals surface area contributed by atoms with E-state index < -0.39 is 22.5 Å². The standard InChI is InChI=1S/C23H21BrCl2N2O5S/c1-32-21-12-20(22(33-2)11-19(21)26)27-23(29)14-28(13-15-3-7-17(25)8-4-15)34(30,31)18-9-5-16(24)6-10-18/h3-12H,13-14H2,1-2H3,(H,27,29). The zero-order chi connectivity index (χ0) is 24.9. The van der Waals surface area contributed by atoms with Crippen LogP contribution in [-0.2, 0) is 21.4 Å². The normalized spacial score (nSPS) is 11.4. The molecule has 0 aliphatic rings. The molecule has 0 saturated heterocycles. The lowest BCUT2D eigenvalue weighted by Gasteiger charge is -2.22. The lowest BCUT2D eigenvalue weighted by molar-refractivity contribution is -0.116. The fraction of sp³-hybridized carbons (Fsp3) is 0.174. The molecule has 3 rings (SSSR count). The number of nitrogens with zero attached hydrogens (tertiary/aromatic N) is 1. The molecule has 0 aliphatic heterocycles. The molecule has 0 saturated carbocycles. The highest BCUT2D eigenvalue weighted by Gasteiger charge is 2.27. The van der Waals surface area contributed by atoms with Crippen LogP contribution in [0.2, 0.25) is 10.0 Å². The van der Waals surface area contributed by atoms with Gasteiger partial charge in [-0.05, 0) is 42.0 Å². The second kappa shape index (κ2) is 11.4. The fourth-order valence-electron chi connectivity index (χ4n) is 3.08. The minimum atomic E-state index is -4.01. The Balaban J connectivity index is 1.91. The molecule has 0 aliphatic carbocycles. The lowest BCUT2D eigenvalue weighted by Crippen LogP contribution is -2.37. The number of amides is 1. The molecule has 3 aromatic rings. The summed E-state index contributed by atoms with van der Waals surface area (Å²) < 4.78 is 39.1. The van der Waals surface area contributed by atoms with Gasteiger partial charge in [0.05, 0.1) is 36.4 Å². The molecule has 1 N–H and O–H groups in total. The minimum absolute atomic E-state index is 0.0376. The van der Waals surface area contributed by atoms with E-state index in [0.717, 1.165) is 8.78 Å². The first-order valence-corrected chi connectivity index (χ1v) is 12.8. The average molecular weight is 588 g/mol. The van der Waals surface area contributed by atoms with E-state index in [1.54, 1.807) is 36.4 Å². The molecule has 180 valence electrons. The SMILES string of the molecule is COc1cc(NC(=O)CN(Cc2ccc(Cl)cc2)S(=O)(=O)c2ccc(Br)cc2)c(OC)cc1Cl. The number of carbonyl (C=O) groups is 1. The summed E-state index contributed by atoms with van der Waals surface area (Å²) >= 11 is 15.4. The lowest BCUT2D eigenvalue weighted by atomic mass is 10.2. The number of carbonyl (C=O) groups excluding carboxylic acids is 1. The number of nitrogens with one attached hydrogen (secondary N) is 1. The number of anilines is 1. The van der Waals surface area contributed by atoms with Crippen LogP contribution in [0.5, 0.6) is 11.5 Å². The van der Waals surface area contributed by atoms with E-state index >= 15 is 0 Å². The Morgan fingerprint density at radius 2 is 1.59 bits per heavy atom. The van der Waals surface area contributed by atoms with Gasteiger partial charge in [-0.3, -0.25) is 4.79 Å². The number of ether oxygens (including phenoxy) is 2. The fourth-order valence-corrected chi connectivity index (χ4v) is 5.09. The number of hydrogen-bond donors (Lipinski definition) is 1. The van der Waals surface area contributed by atoms with E-state index in [1.807, 2.05) is 0 Å². The van der Waals surface area contributed by atoms with Crippen molar-refractivity contribution in [3.05, 3.63) is 80.7 Å². The second-order valence-corrected chi connectivity index (χ2v) is 10.8. The smallest absolute Gasteiger partial charge is 0.243 e. The molecule has 0 radical (unpaired) electrons. The molecular weight excluding hydrogens is 567 g/mol. The summed E-state index contributed by atoms with van der Waals surface area (Å²) in [6, 6.07) is 15.9. The van der Waals surface area contributed by atoms with Crippen molar-refractivity contribution in [3.63, 3.8) is 0 Å². The summed E-state index contributed by atoms with van der Waals surface area (Å²) in [5, 5.41) is 3.51. The highest BCUT2D eigenvalue weighted by Crippen LogP contribution is 2.36. The monoisotopic (exact) mass is 586 g/mol. The van der Waals surface area contributed by atoms with Crippen molar-refractivity contribution in [2.75, 3.05) is 26.1 Å². The Labute approximate surface area is 216 Å². The van der Waals surface area contributed by atoms with E-state index in [9.17, 15) is 13.2 Å². The second-order valence-electron chi connectivity index (χ2n) is 7.09. The molecule has 0 atom stereocenters. The number of halogens is 3. The van der Waals surface area contributed by atoms with E-state index in [-0.39, 0.29) is 11.4 Å². The van der Waals surface area contributed by atoms with Crippen LogP contribution >= 0.6 is 39.1 Å². The topological polar surface area (TPSA) is 84.9 Å². The summed E-state index contributed by atoms with van der Waals surface area (Å²) in [6.07, 6.45) is 0. The van der Waals surface area contributed by atoms with Crippen molar-refractivity contribution in [3.8, 4) is 11.5 Å². The first kappa shape index (κ1) is 26.3. The first-order valence-electron chi connectivity index (χ1n) is 9.85. The van der Waals surface area contributed by atoms with Gasteiger partial charge in [0.15, 0.2) is 0 Å². The predicted octanol–water partition coefficient (Wildman–Crippen LogP) is 5.60. The summed E-state index contributed by atoms with van der Waals surface area (Å²) in [5.74, 6) is 0.0646. The third-order valence-electron chi connectivity index (χ3n) is 4.79. The van der Waals surface area contributed by atoms with Gasteiger partial charge in [0, 0.05) is 28.2 Å². The van der Waals surface area contributed by atoms with Crippen molar-refractivity contribution < 1.29 is 22.7 Å². The van der Waals surface area contributed by atoms with Crippen LogP contribution in [-0.4, -0.2) is 39.4 Å². The highest BCUT2D eigenvalue weighted by molar-refractivity contribution is 9.10. The van der Waals surface area contributed by atoms with Crippen LogP contribution in [0.3, 0.4) is 0 Å². The van der Waals surface area contributed by atoms with Crippen molar-refractivity contribution >= 4 is 60.7 Å². The molecule has 11 heteroatoms. The quantitative estimate of drug-likeness (QED) is 0.352. The van der Waals surface area contributed by atoms with Crippen LogP contribution in [0, 0.1) is 0 Å². The molecule has 34 heavy (non-hydrogen) atoms. The molecule has 7 nitrogen and oxygen atoms in total. The Bertz CT molecular complexity index is 1270. The van der Waals surface area contributed by atoms with E-state index in [1.165, 1.54) is 38.5 Å². The van der Waals surface area contributed by atoms with Crippen molar-refractivity contribution in [2.24, 2.45) is 0 Å². The third kappa shape index (κ3) is 6.43. The molecule has 0 fully saturated rings.